The number of nitrogens with one attached hydrogen (secondary N) is 1. The van der Waals surface area contributed by atoms with E-state index in [1.165, 1.54) is 16.4 Å². The monoisotopic (exact) mass is 279 g/mol. The van der Waals surface area contributed by atoms with Crippen molar-refractivity contribution in [2.24, 2.45) is 7.05 Å². The van der Waals surface area contributed by atoms with Gasteiger partial charge in [-0.2, -0.15) is 5.10 Å². The third-order valence-corrected chi connectivity index (χ3v) is 3.78. The zero-order chi connectivity index (χ0) is 13.8. The van der Waals surface area contributed by atoms with E-state index in [4.69, 9.17) is 0 Å². The van der Waals surface area contributed by atoms with Gasteiger partial charge in [0.1, 0.15) is 0 Å². The molecule has 0 aliphatic carbocycles. The van der Waals surface area contributed by atoms with Gasteiger partial charge in [0, 0.05) is 13.2 Å². The van der Waals surface area contributed by atoms with Crippen LogP contribution in [-0.2, 0) is 7.05 Å². The van der Waals surface area contributed by atoms with Gasteiger partial charge in [-0.15, -0.1) is 5.10 Å². The first-order chi connectivity index (χ1) is 9.13. The fourth-order valence-electron chi connectivity index (χ4n) is 2.01. The van der Waals surface area contributed by atoms with Gasteiger partial charge in [-0.1, -0.05) is 25.3 Å². The molecule has 0 radical (unpaired) electrons. The molecule has 0 aromatic carbocycles. The van der Waals surface area contributed by atoms with Gasteiger partial charge < -0.3 is 5.32 Å². The number of hydrogen-bond donors (Lipinski definition) is 1. The van der Waals surface area contributed by atoms with Crippen molar-refractivity contribution in [3.63, 3.8) is 0 Å². The Morgan fingerprint density at radius 1 is 1.42 bits per heavy atom. The van der Waals surface area contributed by atoms with Gasteiger partial charge >= 0.3 is 0 Å². The lowest BCUT2D eigenvalue weighted by Crippen LogP contribution is -2.24. The Balaban J connectivity index is 2.34. The minimum absolute atomic E-state index is 0.0959. The molecule has 1 N–H and O–H groups in total. The number of aromatic nitrogens is 4. The van der Waals surface area contributed by atoms with Crippen LogP contribution in [-0.4, -0.2) is 25.9 Å². The molecule has 6 heteroatoms. The molecular formula is C13H21N5S. The standard InChI is InChI=1S/C13H21N5S/c1-5-7-14-12(10-6-8-18(4)16-10)13-11(9(2)3)15-17-19-13/h6,8-9,12,14H,5,7H2,1-4H3. The van der Waals surface area contributed by atoms with Crippen LogP contribution in [0, 0.1) is 0 Å². The summed E-state index contributed by atoms with van der Waals surface area (Å²) in [4.78, 5) is 1.18. The quantitative estimate of drug-likeness (QED) is 0.882. The second-order valence-corrected chi connectivity index (χ2v) is 5.76. The Labute approximate surface area is 118 Å². The topological polar surface area (TPSA) is 55.6 Å². The molecule has 2 aromatic heterocycles. The second-order valence-electron chi connectivity index (χ2n) is 4.98. The molecule has 1 atom stereocenters. The molecule has 5 nitrogen and oxygen atoms in total. The Morgan fingerprint density at radius 2 is 2.21 bits per heavy atom. The number of nitrogens with zero attached hydrogens (tertiary/aromatic N) is 4. The smallest absolute Gasteiger partial charge is 0.0899 e. The normalized spacial score (nSPS) is 13.1. The Kier molecular flexibility index (Phi) is 4.66. The lowest BCUT2D eigenvalue weighted by atomic mass is 10.0. The van der Waals surface area contributed by atoms with Crippen LogP contribution in [0.1, 0.15) is 55.4 Å². The van der Waals surface area contributed by atoms with Crippen LogP contribution in [0.25, 0.3) is 0 Å². The van der Waals surface area contributed by atoms with Crippen LogP contribution in [0.3, 0.4) is 0 Å². The van der Waals surface area contributed by atoms with Crippen LogP contribution in [0.15, 0.2) is 12.3 Å². The number of rotatable bonds is 6. The van der Waals surface area contributed by atoms with Crippen molar-refractivity contribution in [3.8, 4) is 0 Å². The average Bonchev–Trinajstić information content (AvgIpc) is 2.99. The lowest BCUT2D eigenvalue weighted by molar-refractivity contribution is 0.574. The van der Waals surface area contributed by atoms with Gasteiger partial charge in [-0.05, 0) is 36.5 Å². The number of hydrogen-bond acceptors (Lipinski definition) is 5. The van der Waals surface area contributed by atoms with E-state index in [1.54, 1.807) is 0 Å². The molecule has 2 heterocycles. The van der Waals surface area contributed by atoms with Gasteiger partial charge in [0.2, 0.25) is 0 Å². The Morgan fingerprint density at radius 3 is 2.79 bits per heavy atom. The Bertz CT molecular complexity index is 517. The minimum Gasteiger partial charge on any atom is -0.304 e. The molecule has 0 saturated heterocycles. The predicted molar refractivity (Wildman–Crippen MR) is 77.3 cm³/mol. The third kappa shape index (κ3) is 3.19. The zero-order valence-corrected chi connectivity index (χ0v) is 12.7. The highest BCUT2D eigenvalue weighted by molar-refractivity contribution is 7.05. The van der Waals surface area contributed by atoms with E-state index in [2.05, 4.69) is 46.8 Å². The summed E-state index contributed by atoms with van der Waals surface area (Å²) in [5, 5.41) is 12.3. The summed E-state index contributed by atoms with van der Waals surface area (Å²) in [6.45, 7) is 7.42. The maximum absolute atomic E-state index is 4.53. The summed E-state index contributed by atoms with van der Waals surface area (Å²) < 4.78 is 5.95. The highest BCUT2D eigenvalue weighted by Crippen LogP contribution is 2.29. The SMILES string of the molecule is CCCNC(c1ccn(C)n1)c1snnc1C(C)C. The van der Waals surface area contributed by atoms with Crippen molar-refractivity contribution in [3.05, 3.63) is 28.5 Å². The summed E-state index contributed by atoms with van der Waals surface area (Å²) in [7, 11) is 1.94. The molecule has 104 valence electrons. The predicted octanol–water partition coefficient (Wildman–Crippen LogP) is 2.48. The maximum Gasteiger partial charge on any atom is 0.0899 e. The fraction of sp³-hybridized carbons (Fsp3) is 0.615. The minimum atomic E-state index is 0.0959. The van der Waals surface area contributed by atoms with Gasteiger partial charge in [0.05, 0.1) is 22.3 Å². The fourth-order valence-corrected chi connectivity index (χ4v) is 2.91. The molecule has 2 rings (SSSR count). The summed E-state index contributed by atoms with van der Waals surface area (Å²) >= 11 is 1.47. The third-order valence-electron chi connectivity index (χ3n) is 2.98. The molecule has 0 spiro atoms. The van der Waals surface area contributed by atoms with E-state index in [0.29, 0.717) is 5.92 Å². The maximum atomic E-state index is 4.53. The van der Waals surface area contributed by atoms with Gasteiger partial charge in [0.15, 0.2) is 0 Å². The van der Waals surface area contributed by atoms with E-state index in [-0.39, 0.29) is 6.04 Å². The van der Waals surface area contributed by atoms with Crippen LogP contribution in [0.4, 0.5) is 0 Å². The van der Waals surface area contributed by atoms with Crippen molar-refractivity contribution >= 4 is 11.5 Å². The molecular weight excluding hydrogens is 258 g/mol. The van der Waals surface area contributed by atoms with Gasteiger partial charge in [-0.25, -0.2) is 0 Å². The van der Waals surface area contributed by atoms with Crippen LogP contribution in [0.2, 0.25) is 0 Å². The molecule has 0 bridgehead atoms. The second kappa shape index (κ2) is 6.25. The molecule has 0 saturated carbocycles. The van der Waals surface area contributed by atoms with E-state index in [9.17, 15) is 0 Å². The molecule has 0 aliphatic heterocycles. The first kappa shape index (κ1) is 14.1. The van der Waals surface area contributed by atoms with Crippen molar-refractivity contribution in [2.75, 3.05) is 6.54 Å². The molecule has 0 aliphatic rings. The van der Waals surface area contributed by atoms with Gasteiger partial charge in [-0.3, -0.25) is 4.68 Å². The van der Waals surface area contributed by atoms with Crippen molar-refractivity contribution in [1.29, 1.82) is 0 Å². The van der Waals surface area contributed by atoms with Crippen molar-refractivity contribution in [1.82, 2.24) is 24.7 Å². The number of aryl methyl sites for hydroxylation is 1. The molecule has 0 fully saturated rings. The van der Waals surface area contributed by atoms with Gasteiger partial charge in [0.25, 0.3) is 0 Å². The first-order valence-electron chi connectivity index (χ1n) is 6.68. The molecule has 2 aromatic rings. The van der Waals surface area contributed by atoms with Crippen molar-refractivity contribution in [2.45, 2.75) is 39.2 Å². The lowest BCUT2D eigenvalue weighted by Gasteiger charge is -2.16. The summed E-state index contributed by atoms with van der Waals surface area (Å²) in [5.74, 6) is 0.378. The highest BCUT2D eigenvalue weighted by Gasteiger charge is 2.23. The van der Waals surface area contributed by atoms with E-state index < -0.39 is 0 Å². The van der Waals surface area contributed by atoms with Crippen molar-refractivity contribution < 1.29 is 0 Å². The van der Waals surface area contributed by atoms with Crippen LogP contribution >= 0.6 is 11.5 Å². The highest BCUT2D eigenvalue weighted by atomic mass is 32.1. The van der Waals surface area contributed by atoms with E-state index in [1.807, 2.05) is 17.9 Å². The molecule has 19 heavy (non-hydrogen) atoms. The van der Waals surface area contributed by atoms with Crippen LogP contribution in [0.5, 0.6) is 0 Å². The first-order valence-corrected chi connectivity index (χ1v) is 7.45. The summed E-state index contributed by atoms with van der Waals surface area (Å²) in [5.41, 5.74) is 2.10. The average molecular weight is 279 g/mol. The summed E-state index contributed by atoms with van der Waals surface area (Å²) in [6, 6.07) is 2.15. The molecule has 0 amide bonds. The van der Waals surface area contributed by atoms with E-state index >= 15 is 0 Å². The Hall–Kier alpha value is -1.27. The largest absolute Gasteiger partial charge is 0.304 e. The zero-order valence-electron chi connectivity index (χ0n) is 11.9. The molecule has 1 unspecified atom stereocenters. The van der Waals surface area contributed by atoms with E-state index in [0.717, 1.165) is 24.4 Å². The van der Waals surface area contributed by atoms with Crippen LogP contribution < -0.4 is 5.32 Å². The summed E-state index contributed by atoms with van der Waals surface area (Å²) in [6.07, 6.45) is 3.06.